The van der Waals surface area contributed by atoms with Crippen LogP contribution in [0.15, 0.2) is 28.9 Å². The number of nitrogens with one attached hydrogen (secondary N) is 1. The SMILES string of the molecule is CC[C@H](C)NC(=O)c1ccc(Cn2cc(Cl)cn2)o1. The van der Waals surface area contributed by atoms with Crippen molar-refractivity contribution in [1.29, 1.82) is 0 Å². The monoisotopic (exact) mass is 281 g/mol. The number of hydrogen-bond donors (Lipinski definition) is 1. The Labute approximate surface area is 116 Å². The lowest BCUT2D eigenvalue weighted by Gasteiger charge is -2.09. The molecule has 0 aliphatic heterocycles. The van der Waals surface area contributed by atoms with Crippen molar-refractivity contribution in [3.63, 3.8) is 0 Å². The van der Waals surface area contributed by atoms with E-state index in [1.165, 1.54) is 0 Å². The Morgan fingerprint density at radius 1 is 1.58 bits per heavy atom. The van der Waals surface area contributed by atoms with Crippen molar-refractivity contribution in [2.24, 2.45) is 0 Å². The Kier molecular flexibility index (Phi) is 4.27. The minimum atomic E-state index is -0.195. The van der Waals surface area contributed by atoms with Crippen molar-refractivity contribution >= 4 is 17.5 Å². The number of hydrogen-bond acceptors (Lipinski definition) is 3. The number of rotatable bonds is 5. The average Bonchev–Trinajstić information content (AvgIpc) is 2.99. The molecule has 1 N–H and O–H groups in total. The average molecular weight is 282 g/mol. The summed E-state index contributed by atoms with van der Waals surface area (Å²) in [7, 11) is 0. The molecule has 0 fully saturated rings. The third-order valence-electron chi connectivity index (χ3n) is 2.79. The van der Waals surface area contributed by atoms with E-state index < -0.39 is 0 Å². The second-order valence-corrected chi connectivity index (χ2v) is 4.84. The van der Waals surface area contributed by atoms with Crippen LogP contribution >= 0.6 is 11.6 Å². The van der Waals surface area contributed by atoms with Gasteiger partial charge < -0.3 is 9.73 Å². The topological polar surface area (TPSA) is 60.1 Å². The highest BCUT2D eigenvalue weighted by Crippen LogP contribution is 2.12. The van der Waals surface area contributed by atoms with Crippen LogP contribution in [0, 0.1) is 0 Å². The molecule has 2 aromatic rings. The van der Waals surface area contributed by atoms with Crippen LogP contribution in [0.3, 0.4) is 0 Å². The summed E-state index contributed by atoms with van der Waals surface area (Å²) >= 11 is 5.78. The van der Waals surface area contributed by atoms with Gasteiger partial charge in [0.2, 0.25) is 0 Å². The normalized spacial score (nSPS) is 12.4. The second kappa shape index (κ2) is 5.93. The first-order chi connectivity index (χ1) is 9.08. The molecule has 0 aliphatic rings. The summed E-state index contributed by atoms with van der Waals surface area (Å²) in [4.78, 5) is 11.8. The highest BCUT2D eigenvalue weighted by molar-refractivity contribution is 6.30. The molecule has 0 radical (unpaired) electrons. The molecule has 0 unspecified atom stereocenters. The number of amides is 1. The zero-order chi connectivity index (χ0) is 13.8. The van der Waals surface area contributed by atoms with Gasteiger partial charge in [-0.05, 0) is 25.5 Å². The molecular weight excluding hydrogens is 266 g/mol. The molecule has 0 spiro atoms. The van der Waals surface area contributed by atoms with E-state index in [4.69, 9.17) is 16.0 Å². The van der Waals surface area contributed by atoms with Gasteiger partial charge in [-0.25, -0.2) is 0 Å². The third-order valence-corrected chi connectivity index (χ3v) is 2.99. The maximum atomic E-state index is 11.8. The first-order valence-corrected chi connectivity index (χ1v) is 6.53. The van der Waals surface area contributed by atoms with Crippen LogP contribution in [0.5, 0.6) is 0 Å². The lowest BCUT2D eigenvalue weighted by Crippen LogP contribution is -2.31. The van der Waals surface area contributed by atoms with Gasteiger partial charge >= 0.3 is 0 Å². The quantitative estimate of drug-likeness (QED) is 0.917. The van der Waals surface area contributed by atoms with Crippen molar-refractivity contribution < 1.29 is 9.21 Å². The van der Waals surface area contributed by atoms with E-state index in [2.05, 4.69) is 10.4 Å². The van der Waals surface area contributed by atoms with Gasteiger partial charge in [0.05, 0.1) is 17.8 Å². The minimum absolute atomic E-state index is 0.131. The standard InChI is InChI=1S/C13H16ClN3O2/c1-3-9(2)16-13(18)12-5-4-11(19-12)8-17-7-10(14)6-15-17/h4-7,9H,3,8H2,1-2H3,(H,16,18)/t9-/m0/s1. The minimum Gasteiger partial charge on any atom is -0.454 e. The first-order valence-electron chi connectivity index (χ1n) is 6.16. The number of carbonyl (C=O) groups excluding carboxylic acids is 1. The maximum Gasteiger partial charge on any atom is 0.287 e. The smallest absolute Gasteiger partial charge is 0.287 e. The van der Waals surface area contributed by atoms with Gasteiger partial charge in [0, 0.05) is 12.2 Å². The Morgan fingerprint density at radius 3 is 3.00 bits per heavy atom. The molecule has 1 amide bonds. The van der Waals surface area contributed by atoms with E-state index in [1.54, 1.807) is 29.2 Å². The summed E-state index contributed by atoms with van der Waals surface area (Å²) in [5.74, 6) is 0.779. The summed E-state index contributed by atoms with van der Waals surface area (Å²) in [6.07, 6.45) is 4.13. The zero-order valence-corrected chi connectivity index (χ0v) is 11.6. The van der Waals surface area contributed by atoms with Crippen molar-refractivity contribution in [2.45, 2.75) is 32.9 Å². The Morgan fingerprint density at radius 2 is 2.37 bits per heavy atom. The van der Waals surface area contributed by atoms with Crippen LogP contribution in [-0.2, 0) is 6.54 Å². The van der Waals surface area contributed by atoms with Crippen LogP contribution in [0.2, 0.25) is 5.02 Å². The number of nitrogens with zero attached hydrogens (tertiary/aromatic N) is 2. The van der Waals surface area contributed by atoms with Gasteiger partial charge in [0.25, 0.3) is 5.91 Å². The van der Waals surface area contributed by atoms with Crippen LogP contribution in [0.4, 0.5) is 0 Å². The number of furan rings is 1. The van der Waals surface area contributed by atoms with E-state index >= 15 is 0 Å². The van der Waals surface area contributed by atoms with E-state index in [0.29, 0.717) is 23.1 Å². The predicted molar refractivity (Wildman–Crippen MR) is 72.3 cm³/mol. The molecule has 6 heteroatoms. The lowest BCUT2D eigenvalue weighted by molar-refractivity contribution is 0.0909. The summed E-state index contributed by atoms with van der Waals surface area (Å²) in [5, 5.41) is 7.47. The summed E-state index contributed by atoms with van der Waals surface area (Å²) in [6, 6.07) is 3.56. The first kappa shape index (κ1) is 13.7. The van der Waals surface area contributed by atoms with E-state index in [9.17, 15) is 4.79 Å². The predicted octanol–water partition coefficient (Wildman–Crippen LogP) is 2.71. The highest BCUT2D eigenvalue weighted by Gasteiger charge is 2.13. The molecule has 5 nitrogen and oxygen atoms in total. The largest absolute Gasteiger partial charge is 0.454 e. The Hall–Kier alpha value is -1.75. The molecule has 0 aliphatic carbocycles. The van der Waals surface area contributed by atoms with E-state index in [-0.39, 0.29) is 11.9 Å². The highest BCUT2D eigenvalue weighted by atomic mass is 35.5. The van der Waals surface area contributed by atoms with Gasteiger partial charge in [-0.1, -0.05) is 18.5 Å². The maximum absolute atomic E-state index is 11.8. The molecule has 2 rings (SSSR count). The molecule has 19 heavy (non-hydrogen) atoms. The van der Waals surface area contributed by atoms with Crippen molar-refractivity contribution in [1.82, 2.24) is 15.1 Å². The number of carbonyl (C=O) groups is 1. The fraction of sp³-hybridized carbons (Fsp3) is 0.385. The van der Waals surface area contributed by atoms with Gasteiger partial charge in [-0.3, -0.25) is 9.48 Å². The van der Waals surface area contributed by atoms with Gasteiger partial charge in [-0.2, -0.15) is 5.10 Å². The molecule has 0 aromatic carbocycles. The third kappa shape index (κ3) is 3.61. The number of halogens is 1. The molecule has 2 heterocycles. The molecule has 1 atom stereocenters. The summed E-state index contributed by atoms with van der Waals surface area (Å²) in [6.45, 7) is 4.41. The van der Waals surface area contributed by atoms with Gasteiger partial charge in [-0.15, -0.1) is 0 Å². The molecule has 102 valence electrons. The molecular formula is C13H16ClN3O2. The molecule has 0 bridgehead atoms. The Bertz CT molecular complexity index is 562. The summed E-state index contributed by atoms with van der Waals surface area (Å²) in [5.41, 5.74) is 0. The second-order valence-electron chi connectivity index (χ2n) is 4.40. The van der Waals surface area contributed by atoms with E-state index in [1.807, 2.05) is 13.8 Å². The van der Waals surface area contributed by atoms with Gasteiger partial charge in [0.1, 0.15) is 5.76 Å². The van der Waals surface area contributed by atoms with E-state index in [0.717, 1.165) is 6.42 Å². The fourth-order valence-electron chi connectivity index (χ4n) is 1.57. The fourth-order valence-corrected chi connectivity index (χ4v) is 1.72. The Balaban J connectivity index is 2.00. The van der Waals surface area contributed by atoms with Crippen molar-refractivity contribution in [3.05, 3.63) is 41.1 Å². The van der Waals surface area contributed by atoms with Crippen LogP contribution in [0.25, 0.3) is 0 Å². The number of aromatic nitrogens is 2. The molecule has 2 aromatic heterocycles. The zero-order valence-electron chi connectivity index (χ0n) is 10.9. The van der Waals surface area contributed by atoms with Crippen LogP contribution in [0.1, 0.15) is 36.6 Å². The van der Waals surface area contributed by atoms with Crippen LogP contribution in [-0.4, -0.2) is 21.7 Å². The summed E-state index contributed by atoms with van der Waals surface area (Å²) < 4.78 is 7.14. The molecule has 0 saturated carbocycles. The van der Waals surface area contributed by atoms with Gasteiger partial charge in [0.15, 0.2) is 5.76 Å². The van der Waals surface area contributed by atoms with Crippen molar-refractivity contribution in [3.8, 4) is 0 Å². The lowest BCUT2D eigenvalue weighted by atomic mass is 10.2. The van der Waals surface area contributed by atoms with Crippen molar-refractivity contribution in [2.75, 3.05) is 0 Å². The molecule has 0 saturated heterocycles. The van der Waals surface area contributed by atoms with Crippen LogP contribution < -0.4 is 5.32 Å².